The van der Waals surface area contributed by atoms with Crippen molar-refractivity contribution in [2.75, 3.05) is 39.3 Å². The Morgan fingerprint density at radius 2 is 1.96 bits per heavy atom. The fourth-order valence-electron chi connectivity index (χ4n) is 3.09. The Kier molecular flexibility index (Phi) is 9.69. The van der Waals surface area contributed by atoms with Crippen molar-refractivity contribution in [3.8, 4) is 0 Å². The number of aliphatic imine (C=N–C) groups is 1. The first-order valence-electron chi connectivity index (χ1n) is 10.2. The van der Waals surface area contributed by atoms with Crippen molar-refractivity contribution in [1.82, 2.24) is 15.5 Å². The van der Waals surface area contributed by atoms with Gasteiger partial charge in [-0.1, -0.05) is 30.3 Å². The SMILES string of the molecule is CCNC(=NCCCOC(C)c1ccccc1)NCCC(=O)N1CCCC1. The van der Waals surface area contributed by atoms with Crippen LogP contribution in [0.1, 0.15) is 51.2 Å². The monoisotopic (exact) mass is 374 g/mol. The first-order valence-corrected chi connectivity index (χ1v) is 10.2. The molecule has 2 rings (SSSR count). The van der Waals surface area contributed by atoms with Crippen LogP contribution in [0.4, 0.5) is 0 Å². The van der Waals surface area contributed by atoms with Crippen LogP contribution in [-0.4, -0.2) is 56.1 Å². The second-order valence-electron chi connectivity index (χ2n) is 6.80. The van der Waals surface area contributed by atoms with Crippen LogP contribution in [0.25, 0.3) is 0 Å². The minimum Gasteiger partial charge on any atom is -0.374 e. The molecule has 0 aliphatic carbocycles. The third-order valence-electron chi connectivity index (χ3n) is 4.64. The number of nitrogens with one attached hydrogen (secondary N) is 2. The summed E-state index contributed by atoms with van der Waals surface area (Å²) in [5, 5.41) is 6.48. The highest BCUT2D eigenvalue weighted by molar-refractivity contribution is 5.81. The first-order chi connectivity index (χ1) is 13.2. The van der Waals surface area contributed by atoms with E-state index in [-0.39, 0.29) is 12.0 Å². The molecule has 0 radical (unpaired) electrons. The highest BCUT2D eigenvalue weighted by Gasteiger charge is 2.17. The first kappa shape index (κ1) is 21.2. The molecule has 0 saturated carbocycles. The molecule has 1 heterocycles. The number of hydrogen-bond donors (Lipinski definition) is 2. The van der Waals surface area contributed by atoms with Gasteiger partial charge in [0.2, 0.25) is 5.91 Å². The normalized spacial score (nSPS) is 15.6. The summed E-state index contributed by atoms with van der Waals surface area (Å²) in [6.45, 7) is 8.71. The zero-order valence-corrected chi connectivity index (χ0v) is 16.7. The topological polar surface area (TPSA) is 66.0 Å². The van der Waals surface area contributed by atoms with Crippen molar-refractivity contribution in [1.29, 1.82) is 0 Å². The van der Waals surface area contributed by atoms with E-state index in [1.807, 2.05) is 30.0 Å². The van der Waals surface area contributed by atoms with E-state index < -0.39 is 0 Å². The summed E-state index contributed by atoms with van der Waals surface area (Å²) in [6.07, 6.45) is 3.74. The molecule has 1 atom stereocenters. The van der Waals surface area contributed by atoms with Crippen LogP contribution in [0.3, 0.4) is 0 Å². The minimum atomic E-state index is 0.0955. The highest BCUT2D eigenvalue weighted by atomic mass is 16.5. The minimum absolute atomic E-state index is 0.0955. The van der Waals surface area contributed by atoms with Gasteiger partial charge in [0.05, 0.1) is 6.10 Å². The van der Waals surface area contributed by atoms with Gasteiger partial charge in [0.1, 0.15) is 0 Å². The molecule has 1 aliphatic heterocycles. The van der Waals surface area contributed by atoms with E-state index >= 15 is 0 Å². The van der Waals surface area contributed by atoms with Crippen LogP contribution < -0.4 is 10.6 Å². The zero-order chi connectivity index (χ0) is 19.3. The van der Waals surface area contributed by atoms with Gasteiger partial charge in [-0.3, -0.25) is 9.79 Å². The van der Waals surface area contributed by atoms with Crippen LogP contribution >= 0.6 is 0 Å². The van der Waals surface area contributed by atoms with Gasteiger partial charge >= 0.3 is 0 Å². The Labute approximate surface area is 163 Å². The molecule has 1 saturated heterocycles. The maximum absolute atomic E-state index is 12.1. The lowest BCUT2D eigenvalue weighted by atomic mass is 10.1. The molecule has 2 N–H and O–H groups in total. The molecule has 6 heteroatoms. The van der Waals surface area contributed by atoms with Crippen LogP contribution in [0, 0.1) is 0 Å². The molecular weight excluding hydrogens is 340 g/mol. The van der Waals surface area contributed by atoms with Crippen molar-refractivity contribution in [2.45, 2.75) is 45.6 Å². The lowest BCUT2D eigenvalue weighted by molar-refractivity contribution is -0.129. The zero-order valence-electron chi connectivity index (χ0n) is 16.7. The van der Waals surface area contributed by atoms with Gasteiger partial charge in [-0.25, -0.2) is 0 Å². The van der Waals surface area contributed by atoms with Gasteiger partial charge in [0, 0.05) is 45.8 Å². The Bertz CT molecular complexity index is 571. The maximum atomic E-state index is 12.1. The second-order valence-corrected chi connectivity index (χ2v) is 6.80. The summed E-state index contributed by atoms with van der Waals surface area (Å²) in [4.78, 5) is 18.6. The van der Waals surface area contributed by atoms with E-state index in [0.29, 0.717) is 26.1 Å². The standard InChI is InChI=1S/C21H34N4O2/c1-3-22-21(24-14-12-20(26)25-15-7-8-16-25)23-13-9-17-27-18(2)19-10-5-4-6-11-19/h4-6,10-11,18H,3,7-9,12-17H2,1-2H3,(H2,22,23,24). The van der Waals surface area contributed by atoms with Crippen molar-refractivity contribution >= 4 is 11.9 Å². The molecule has 0 spiro atoms. The number of likely N-dealkylation sites (tertiary alicyclic amines) is 1. The molecule has 27 heavy (non-hydrogen) atoms. The summed E-state index contributed by atoms with van der Waals surface area (Å²) in [5.41, 5.74) is 1.19. The number of benzene rings is 1. The van der Waals surface area contributed by atoms with Crippen molar-refractivity contribution in [3.63, 3.8) is 0 Å². The summed E-state index contributed by atoms with van der Waals surface area (Å²) in [6, 6.07) is 10.2. The average molecular weight is 375 g/mol. The molecule has 6 nitrogen and oxygen atoms in total. The third-order valence-corrected chi connectivity index (χ3v) is 4.64. The molecule has 1 fully saturated rings. The summed E-state index contributed by atoms with van der Waals surface area (Å²) in [7, 11) is 0. The molecular formula is C21H34N4O2. The highest BCUT2D eigenvalue weighted by Crippen LogP contribution is 2.15. The second kappa shape index (κ2) is 12.3. The number of hydrogen-bond acceptors (Lipinski definition) is 3. The molecule has 0 bridgehead atoms. The average Bonchev–Trinajstić information content (AvgIpc) is 3.23. The number of carbonyl (C=O) groups excluding carboxylic acids is 1. The molecule has 1 aliphatic rings. The summed E-state index contributed by atoms with van der Waals surface area (Å²) in [5.74, 6) is 1.00. The lowest BCUT2D eigenvalue weighted by Gasteiger charge is -2.16. The summed E-state index contributed by atoms with van der Waals surface area (Å²) < 4.78 is 5.88. The third kappa shape index (κ3) is 7.99. The number of carbonyl (C=O) groups is 1. The number of guanidine groups is 1. The van der Waals surface area contributed by atoms with Gasteiger partial charge in [-0.05, 0) is 38.7 Å². The predicted octanol–water partition coefficient (Wildman–Crippen LogP) is 2.72. The molecule has 150 valence electrons. The smallest absolute Gasteiger partial charge is 0.224 e. The number of rotatable bonds is 10. The number of amides is 1. The Hall–Kier alpha value is -2.08. The lowest BCUT2D eigenvalue weighted by Crippen LogP contribution is -2.39. The van der Waals surface area contributed by atoms with E-state index in [0.717, 1.165) is 44.9 Å². The Balaban J connectivity index is 1.63. The van der Waals surface area contributed by atoms with E-state index in [9.17, 15) is 4.79 Å². The van der Waals surface area contributed by atoms with Gasteiger partial charge in [-0.2, -0.15) is 0 Å². The molecule has 1 aromatic carbocycles. The van der Waals surface area contributed by atoms with E-state index in [4.69, 9.17) is 4.74 Å². The van der Waals surface area contributed by atoms with E-state index in [2.05, 4.69) is 34.7 Å². The Morgan fingerprint density at radius 3 is 2.67 bits per heavy atom. The fraction of sp³-hybridized carbons (Fsp3) is 0.619. The van der Waals surface area contributed by atoms with E-state index in [1.165, 1.54) is 5.56 Å². The maximum Gasteiger partial charge on any atom is 0.224 e. The van der Waals surface area contributed by atoms with Crippen LogP contribution in [-0.2, 0) is 9.53 Å². The Morgan fingerprint density at radius 1 is 1.22 bits per heavy atom. The fourth-order valence-corrected chi connectivity index (χ4v) is 3.09. The van der Waals surface area contributed by atoms with Gasteiger partial charge < -0.3 is 20.3 Å². The number of nitrogens with zero attached hydrogens (tertiary/aromatic N) is 2. The summed E-state index contributed by atoms with van der Waals surface area (Å²) >= 11 is 0. The largest absolute Gasteiger partial charge is 0.374 e. The van der Waals surface area contributed by atoms with Crippen molar-refractivity contribution in [3.05, 3.63) is 35.9 Å². The molecule has 1 aromatic rings. The quantitative estimate of drug-likeness (QED) is 0.375. The number of ether oxygens (including phenoxy) is 1. The van der Waals surface area contributed by atoms with Gasteiger partial charge in [0.15, 0.2) is 5.96 Å². The van der Waals surface area contributed by atoms with Crippen molar-refractivity contribution in [2.24, 2.45) is 4.99 Å². The van der Waals surface area contributed by atoms with E-state index in [1.54, 1.807) is 0 Å². The molecule has 1 amide bonds. The van der Waals surface area contributed by atoms with Gasteiger partial charge in [0.25, 0.3) is 0 Å². The van der Waals surface area contributed by atoms with Gasteiger partial charge in [-0.15, -0.1) is 0 Å². The van der Waals surface area contributed by atoms with Crippen molar-refractivity contribution < 1.29 is 9.53 Å². The van der Waals surface area contributed by atoms with Crippen LogP contribution in [0.15, 0.2) is 35.3 Å². The predicted molar refractivity (Wildman–Crippen MR) is 110 cm³/mol. The molecule has 1 unspecified atom stereocenters. The molecule has 0 aromatic heterocycles. The van der Waals surface area contributed by atoms with Crippen LogP contribution in [0.2, 0.25) is 0 Å². The van der Waals surface area contributed by atoms with Crippen LogP contribution in [0.5, 0.6) is 0 Å².